The summed E-state index contributed by atoms with van der Waals surface area (Å²) < 4.78 is 7.15. The first kappa shape index (κ1) is 17.6. The Morgan fingerprint density at radius 1 is 1.39 bits per heavy atom. The molecule has 1 unspecified atom stereocenters. The molecule has 3 heterocycles. The van der Waals surface area contributed by atoms with Crippen molar-refractivity contribution < 1.29 is 4.52 Å². The zero-order valence-corrected chi connectivity index (χ0v) is 15.0. The van der Waals surface area contributed by atoms with Crippen LogP contribution in [0.3, 0.4) is 0 Å². The molecule has 0 aliphatic rings. The van der Waals surface area contributed by atoms with Crippen LogP contribution >= 0.6 is 23.7 Å². The number of hydrogen-bond acceptors (Lipinski definition) is 7. The molecule has 3 aromatic rings. The molecule has 7 nitrogen and oxygen atoms in total. The van der Waals surface area contributed by atoms with Crippen LogP contribution in [0, 0.1) is 6.92 Å². The first-order chi connectivity index (χ1) is 10.6. The van der Waals surface area contributed by atoms with E-state index in [0.29, 0.717) is 17.8 Å². The summed E-state index contributed by atoms with van der Waals surface area (Å²) in [6.45, 7) is 4.03. The molecule has 0 fully saturated rings. The van der Waals surface area contributed by atoms with Gasteiger partial charge < -0.3 is 9.84 Å². The van der Waals surface area contributed by atoms with Gasteiger partial charge in [-0.3, -0.25) is 4.68 Å². The monoisotopic (exact) mass is 354 g/mol. The van der Waals surface area contributed by atoms with Crippen LogP contribution in [-0.2, 0) is 13.5 Å². The van der Waals surface area contributed by atoms with Crippen LogP contribution in [0.2, 0.25) is 0 Å². The van der Waals surface area contributed by atoms with E-state index in [4.69, 9.17) is 4.52 Å². The summed E-state index contributed by atoms with van der Waals surface area (Å²) in [6.07, 6.45) is 4.47. The second-order valence-electron chi connectivity index (χ2n) is 5.25. The van der Waals surface area contributed by atoms with Crippen molar-refractivity contribution in [2.75, 3.05) is 7.05 Å². The van der Waals surface area contributed by atoms with Gasteiger partial charge in [-0.1, -0.05) is 5.16 Å². The normalized spacial score (nSPS) is 12.2. The van der Waals surface area contributed by atoms with Crippen molar-refractivity contribution in [3.8, 4) is 21.3 Å². The van der Waals surface area contributed by atoms with E-state index in [9.17, 15) is 0 Å². The second kappa shape index (κ2) is 7.20. The number of hydrogen-bond donors (Lipinski definition) is 1. The minimum absolute atomic E-state index is 0. The fraction of sp³-hybridized carbons (Fsp3) is 0.429. The third kappa shape index (κ3) is 3.77. The average molecular weight is 355 g/mol. The molecule has 0 bridgehead atoms. The highest BCUT2D eigenvalue weighted by molar-refractivity contribution is 7.18. The van der Waals surface area contributed by atoms with E-state index in [1.54, 1.807) is 22.2 Å². The molecule has 23 heavy (non-hydrogen) atoms. The quantitative estimate of drug-likeness (QED) is 0.758. The Morgan fingerprint density at radius 2 is 2.17 bits per heavy atom. The Hall–Kier alpha value is -1.77. The predicted octanol–water partition coefficient (Wildman–Crippen LogP) is 2.47. The SMILES string of the molecule is CNC(C)Cc1noc(-c2sc(-c3cnn(C)c3)nc2C)n1.Cl. The van der Waals surface area contributed by atoms with Gasteiger partial charge in [0.15, 0.2) is 5.82 Å². The molecule has 0 saturated carbocycles. The van der Waals surface area contributed by atoms with Gasteiger partial charge in [0.2, 0.25) is 0 Å². The summed E-state index contributed by atoms with van der Waals surface area (Å²) in [4.78, 5) is 9.97. The van der Waals surface area contributed by atoms with Gasteiger partial charge in [-0.15, -0.1) is 23.7 Å². The van der Waals surface area contributed by atoms with Gasteiger partial charge in [-0.05, 0) is 20.9 Å². The lowest BCUT2D eigenvalue weighted by molar-refractivity contribution is 0.418. The van der Waals surface area contributed by atoms with Crippen LogP contribution in [0.1, 0.15) is 18.4 Å². The lowest BCUT2D eigenvalue weighted by Gasteiger charge is -2.04. The van der Waals surface area contributed by atoms with Crippen LogP contribution < -0.4 is 5.32 Å². The highest BCUT2D eigenvalue weighted by Gasteiger charge is 2.18. The van der Waals surface area contributed by atoms with Crippen molar-refractivity contribution in [2.45, 2.75) is 26.3 Å². The Balaban J connectivity index is 0.00000192. The fourth-order valence-electron chi connectivity index (χ4n) is 2.06. The van der Waals surface area contributed by atoms with E-state index in [0.717, 1.165) is 27.6 Å². The van der Waals surface area contributed by atoms with Gasteiger partial charge in [-0.2, -0.15) is 10.1 Å². The predicted molar refractivity (Wildman–Crippen MR) is 91.8 cm³/mol. The molecule has 0 aliphatic carbocycles. The highest BCUT2D eigenvalue weighted by atomic mass is 35.5. The first-order valence-corrected chi connectivity index (χ1v) is 7.85. The van der Waals surface area contributed by atoms with Crippen molar-refractivity contribution in [2.24, 2.45) is 7.05 Å². The van der Waals surface area contributed by atoms with Crippen molar-refractivity contribution in [3.05, 3.63) is 23.9 Å². The number of rotatable bonds is 5. The lowest BCUT2D eigenvalue weighted by atomic mass is 10.2. The van der Waals surface area contributed by atoms with Gasteiger partial charge in [-0.25, -0.2) is 4.98 Å². The molecular weight excluding hydrogens is 336 g/mol. The maximum absolute atomic E-state index is 5.39. The van der Waals surface area contributed by atoms with Crippen molar-refractivity contribution in [3.63, 3.8) is 0 Å². The zero-order valence-electron chi connectivity index (χ0n) is 13.4. The first-order valence-electron chi connectivity index (χ1n) is 7.03. The number of aromatic nitrogens is 5. The zero-order chi connectivity index (χ0) is 15.7. The highest BCUT2D eigenvalue weighted by Crippen LogP contribution is 2.34. The van der Waals surface area contributed by atoms with Gasteiger partial charge in [0.25, 0.3) is 5.89 Å². The van der Waals surface area contributed by atoms with E-state index in [-0.39, 0.29) is 12.4 Å². The van der Waals surface area contributed by atoms with E-state index in [2.05, 4.69) is 32.5 Å². The Bertz CT molecular complexity index is 780. The largest absolute Gasteiger partial charge is 0.333 e. The van der Waals surface area contributed by atoms with Crippen LogP contribution in [-0.4, -0.2) is 38.0 Å². The summed E-state index contributed by atoms with van der Waals surface area (Å²) >= 11 is 1.54. The third-order valence-electron chi connectivity index (χ3n) is 3.39. The topological polar surface area (TPSA) is 81.7 Å². The second-order valence-corrected chi connectivity index (χ2v) is 6.24. The summed E-state index contributed by atoms with van der Waals surface area (Å²) in [5, 5.41) is 12.3. The van der Waals surface area contributed by atoms with E-state index < -0.39 is 0 Å². The molecule has 3 aromatic heterocycles. The summed E-state index contributed by atoms with van der Waals surface area (Å²) in [5.74, 6) is 1.23. The number of halogens is 1. The number of nitrogens with zero attached hydrogens (tertiary/aromatic N) is 5. The summed E-state index contributed by atoms with van der Waals surface area (Å²) in [5.41, 5.74) is 1.88. The minimum Gasteiger partial charge on any atom is -0.333 e. The molecule has 3 rings (SSSR count). The molecule has 124 valence electrons. The van der Waals surface area contributed by atoms with Crippen LogP contribution in [0.5, 0.6) is 0 Å². The van der Waals surface area contributed by atoms with Crippen molar-refractivity contribution >= 4 is 23.7 Å². The van der Waals surface area contributed by atoms with Crippen LogP contribution in [0.25, 0.3) is 21.3 Å². The summed E-state index contributed by atoms with van der Waals surface area (Å²) in [6, 6.07) is 0.305. The molecule has 0 spiro atoms. The fourth-order valence-corrected chi connectivity index (χ4v) is 3.02. The van der Waals surface area contributed by atoms with Crippen molar-refractivity contribution in [1.29, 1.82) is 0 Å². The van der Waals surface area contributed by atoms with E-state index in [1.165, 1.54) is 0 Å². The van der Waals surface area contributed by atoms with Gasteiger partial charge in [0.1, 0.15) is 9.88 Å². The molecule has 9 heteroatoms. The Kier molecular flexibility index (Phi) is 5.51. The molecule has 0 radical (unpaired) electrons. The van der Waals surface area contributed by atoms with Crippen molar-refractivity contribution in [1.82, 2.24) is 30.2 Å². The average Bonchev–Trinajstić information content (AvgIpc) is 3.19. The standard InChI is InChI=1S/C14H18N6OS.ClH/c1-8(15-3)5-11-18-13(21-19-11)12-9(2)17-14(22-12)10-6-16-20(4)7-10;/h6-8,15H,5H2,1-4H3;1H. The minimum atomic E-state index is 0. The smallest absolute Gasteiger partial charge is 0.269 e. The van der Waals surface area contributed by atoms with E-state index in [1.807, 2.05) is 27.2 Å². The molecule has 0 aliphatic heterocycles. The van der Waals surface area contributed by atoms with E-state index >= 15 is 0 Å². The van der Waals surface area contributed by atoms with Crippen LogP contribution in [0.4, 0.5) is 0 Å². The molecule has 1 atom stereocenters. The van der Waals surface area contributed by atoms with Crippen LogP contribution in [0.15, 0.2) is 16.9 Å². The number of nitrogens with one attached hydrogen (secondary N) is 1. The number of aryl methyl sites for hydroxylation is 2. The van der Waals surface area contributed by atoms with Gasteiger partial charge >= 0.3 is 0 Å². The van der Waals surface area contributed by atoms with Gasteiger partial charge in [0, 0.05) is 31.3 Å². The maximum atomic E-state index is 5.39. The Labute approximate surface area is 144 Å². The molecule has 0 aromatic carbocycles. The lowest BCUT2D eigenvalue weighted by Crippen LogP contribution is -2.24. The maximum Gasteiger partial charge on any atom is 0.269 e. The molecule has 1 N–H and O–H groups in total. The number of likely N-dealkylation sites (N-methyl/N-ethyl adjacent to an activating group) is 1. The third-order valence-corrected chi connectivity index (χ3v) is 4.59. The molecular formula is C14H19ClN6OS. The molecule has 0 amide bonds. The molecule has 0 saturated heterocycles. The summed E-state index contributed by atoms with van der Waals surface area (Å²) in [7, 11) is 3.80. The Morgan fingerprint density at radius 3 is 2.83 bits per heavy atom. The van der Waals surface area contributed by atoms with Gasteiger partial charge in [0.05, 0.1) is 11.9 Å². The number of thiazole rings is 1.